The van der Waals surface area contributed by atoms with Gasteiger partial charge in [0.25, 0.3) is 0 Å². The van der Waals surface area contributed by atoms with Crippen molar-refractivity contribution in [2.24, 2.45) is 11.0 Å². The summed E-state index contributed by atoms with van der Waals surface area (Å²) in [7, 11) is 0. The van der Waals surface area contributed by atoms with Crippen molar-refractivity contribution in [3.05, 3.63) is 98.9 Å². The average molecular weight is 752 g/mol. The Balaban J connectivity index is 0.922. The van der Waals surface area contributed by atoms with Crippen LogP contribution in [-0.4, -0.2) is 78.8 Å². The highest BCUT2D eigenvalue weighted by Gasteiger charge is 2.45. The minimum atomic E-state index is -1.27. The van der Waals surface area contributed by atoms with Gasteiger partial charge in [0.2, 0.25) is 5.79 Å². The molecule has 1 saturated carbocycles. The van der Waals surface area contributed by atoms with E-state index in [1.807, 2.05) is 29.2 Å². The second-order valence-electron chi connectivity index (χ2n) is 13.2. The third kappa shape index (κ3) is 7.97. The number of piperazine rings is 1. The molecule has 2 N–H and O–H groups in total. The fourth-order valence-corrected chi connectivity index (χ4v) is 7.70. The van der Waals surface area contributed by atoms with Crippen molar-refractivity contribution in [1.82, 2.24) is 19.8 Å². The maximum atomic E-state index is 15.4. The number of rotatable bonds is 13. The molecule has 3 fully saturated rings. The highest BCUT2D eigenvalue weighted by Crippen LogP contribution is 2.39. The Morgan fingerprint density at radius 1 is 1.02 bits per heavy atom. The lowest BCUT2D eigenvalue weighted by Gasteiger charge is -2.37. The number of hydrogen-bond acceptors (Lipinski definition) is 10. The normalized spacial score (nSPS) is 20.9. The first-order valence-corrected chi connectivity index (χ1v) is 18.3. The van der Waals surface area contributed by atoms with Gasteiger partial charge >= 0.3 is 5.69 Å². The van der Waals surface area contributed by atoms with Gasteiger partial charge in [0.1, 0.15) is 30.6 Å². The van der Waals surface area contributed by atoms with Gasteiger partial charge in [-0.25, -0.2) is 18.4 Å². The molecule has 2 saturated heterocycles. The van der Waals surface area contributed by atoms with Crippen molar-refractivity contribution >= 4 is 47.0 Å². The van der Waals surface area contributed by atoms with Crippen LogP contribution in [0.4, 0.5) is 15.8 Å². The number of hydrogen-bond donors (Lipinski definition) is 2. The molecule has 0 spiro atoms. The van der Waals surface area contributed by atoms with Crippen molar-refractivity contribution in [2.45, 2.75) is 44.1 Å². The van der Waals surface area contributed by atoms with E-state index < -0.39 is 11.9 Å². The van der Waals surface area contributed by atoms with E-state index in [0.717, 1.165) is 43.5 Å². The molecule has 274 valence electrons. The molecule has 3 aliphatic rings. The lowest BCUT2D eigenvalue weighted by Crippen LogP contribution is -2.46. The molecule has 7 rings (SSSR count). The Morgan fingerprint density at radius 2 is 1.77 bits per heavy atom. The highest BCUT2D eigenvalue weighted by atomic mass is 35.5. The Morgan fingerprint density at radius 3 is 2.50 bits per heavy atom. The molecule has 0 radical (unpaired) electrons. The molecule has 1 aliphatic carbocycles. The minimum absolute atomic E-state index is 0.107. The number of nitrogens with one attached hydrogen (secondary N) is 2. The maximum absolute atomic E-state index is 15.4. The first kappa shape index (κ1) is 36.0. The summed E-state index contributed by atoms with van der Waals surface area (Å²) >= 11 is 12.6. The zero-order valence-electron chi connectivity index (χ0n) is 28.6. The van der Waals surface area contributed by atoms with Crippen molar-refractivity contribution in [3.63, 3.8) is 0 Å². The molecule has 2 atom stereocenters. The van der Waals surface area contributed by atoms with Crippen LogP contribution in [-0.2, 0) is 21.8 Å². The lowest BCUT2D eigenvalue weighted by molar-refractivity contribution is -0.175. The fraction of sp³-hybridized carbons (Fsp3) is 0.405. The Hall–Kier alpha value is -4.43. The van der Waals surface area contributed by atoms with Crippen LogP contribution in [0.15, 0.2) is 76.9 Å². The van der Waals surface area contributed by atoms with Gasteiger partial charge in [-0.3, -0.25) is 0 Å². The zero-order chi connectivity index (χ0) is 36.1. The Kier molecular flexibility index (Phi) is 11.1. The van der Waals surface area contributed by atoms with Crippen LogP contribution in [0.1, 0.15) is 31.2 Å². The monoisotopic (exact) mass is 750 g/mol. The fourth-order valence-electron chi connectivity index (χ4n) is 7.14. The van der Waals surface area contributed by atoms with E-state index >= 15 is 4.39 Å². The van der Waals surface area contributed by atoms with Gasteiger partial charge < -0.3 is 34.8 Å². The van der Waals surface area contributed by atoms with E-state index in [1.54, 1.807) is 45.9 Å². The number of anilines is 2. The number of nitrogens with zero attached hydrogens (tertiary/aromatic N) is 6. The van der Waals surface area contributed by atoms with E-state index in [-0.39, 0.29) is 31.3 Å². The van der Waals surface area contributed by atoms with Crippen LogP contribution < -0.4 is 25.7 Å². The zero-order valence-corrected chi connectivity index (χ0v) is 30.1. The number of halogens is 3. The summed E-state index contributed by atoms with van der Waals surface area (Å²) < 4.78 is 37.0. The molecule has 3 aromatic carbocycles. The second kappa shape index (κ2) is 16.1. The van der Waals surface area contributed by atoms with Crippen LogP contribution in [0.2, 0.25) is 10.0 Å². The molecule has 15 heteroatoms. The summed E-state index contributed by atoms with van der Waals surface area (Å²) in [5.41, 5.74) is 5.66. The van der Waals surface area contributed by atoms with E-state index in [4.69, 9.17) is 42.8 Å². The predicted molar refractivity (Wildman–Crippen MR) is 200 cm³/mol. The number of aromatic nitrogens is 3. The summed E-state index contributed by atoms with van der Waals surface area (Å²) in [4.78, 5) is 17.3. The molecule has 0 amide bonds. The van der Waals surface area contributed by atoms with Gasteiger partial charge in [0, 0.05) is 61.3 Å². The first-order valence-electron chi connectivity index (χ1n) is 17.5. The summed E-state index contributed by atoms with van der Waals surface area (Å²) in [5.74, 6) is -0.726. The van der Waals surface area contributed by atoms with Crippen LogP contribution >= 0.6 is 23.2 Å². The van der Waals surface area contributed by atoms with E-state index in [2.05, 4.69) is 20.5 Å². The van der Waals surface area contributed by atoms with Gasteiger partial charge in [0.15, 0.2) is 0 Å². The number of benzene rings is 3. The van der Waals surface area contributed by atoms with Crippen molar-refractivity contribution in [1.29, 1.82) is 5.41 Å². The van der Waals surface area contributed by atoms with E-state index in [0.29, 0.717) is 52.6 Å². The van der Waals surface area contributed by atoms with Crippen LogP contribution in [0.3, 0.4) is 0 Å². The third-order valence-electron chi connectivity index (χ3n) is 9.86. The molecular weight excluding hydrogens is 710 g/mol. The lowest BCUT2D eigenvalue weighted by atomic mass is 10.1. The predicted octanol–water partition coefficient (Wildman–Crippen LogP) is 5.87. The SMILES string of the molecule is N=C/C=N\NC[C@@]1(c2ccc(Cl)cc2Cl)OC[C@@H](COc2ccc(N3CCN(c4ccc(-n5cnn(CC6CCCC6)c5=O)cc4)CC3)c(F)c2)O1. The highest BCUT2D eigenvalue weighted by molar-refractivity contribution is 6.35. The molecule has 1 aromatic heterocycles. The number of hydrazone groups is 1. The summed E-state index contributed by atoms with van der Waals surface area (Å²) in [6, 6.07) is 17.9. The van der Waals surface area contributed by atoms with Crippen LogP contribution in [0.25, 0.3) is 5.69 Å². The average Bonchev–Trinajstić information content (AvgIpc) is 3.91. The Labute approximate surface area is 311 Å². The van der Waals surface area contributed by atoms with Crippen LogP contribution in [0, 0.1) is 17.1 Å². The molecule has 52 heavy (non-hydrogen) atoms. The first-order chi connectivity index (χ1) is 25.3. The topological polar surface area (TPSA) is 122 Å². The summed E-state index contributed by atoms with van der Waals surface area (Å²) in [6.45, 7) is 3.84. The van der Waals surface area contributed by atoms with E-state index in [9.17, 15) is 4.79 Å². The van der Waals surface area contributed by atoms with Crippen LogP contribution in [0.5, 0.6) is 5.75 Å². The summed E-state index contributed by atoms with van der Waals surface area (Å²) in [6.07, 6.45) is 8.25. The molecule has 0 bridgehead atoms. The van der Waals surface area contributed by atoms with Crippen molar-refractivity contribution in [3.8, 4) is 11.4 Å². The standard InChI is InChI=1S/C37H41Cl2FN8O4/c38-27-5-11-32(33(39)19-27)37(24-43-42-14-13-41)51-23-31(52-37)22-50-30-10-12-35(34(40)20-30)46-17-15-45(16-18-46)28-6-8-29(9-7-28)47-25-44-48(36(47)49)21-26-3-1-2-4-26/h5-14,19-20,25-26,31,41,43H,1-4,15-18,21-24H2/b41-13?,42-14-/t31-,37-/m1/s1. The molecule has 4 aromatic rings. The molecule has 2 aliphatic heterocycles. The van der Waals surface area contributed by atoms with Gasteiger partial charge in [-0.05, 0) is 67.3 Å². The van der Waals surface area contributed by atoms with Gasteiger partial charge in [-0.2, -0.15) is 10.2 Å². The smallest absolute Gasteiger partial charge is 0.350 e. The van der Waals surface area contributed by atoms with Gasteiger partial charge in [-0.15, -0.1) is 0 Å². The van der Waals surface area contributed by atoms with Crippen molar-refractivity contribution < 1.29 is 18.6 Å². The largest absolute Gasteiger partial charge is 0.491 e. The maximum Gasteiger partial charge on any atom is 0.350 e. The molecular formula is C37H41Cl2FN8O4. The molecule has 0 unspecified atom stereocenters. The molecule has 3 heterocycles. The van der Waals surface area contributed by atoms with E-state index in [1.165, 1.54) is 25.1 Å². The third-order valence-corrected chi connectivity index (χ3v) is 10.4. The number of ether oxygens (including phenoxy) is 3. The van der Waals surface area contributed by atoms with Crippen molar-refractivity contribution in [2.75, 3.05) is 55.7 Å². The minimum Gasteiger partial charge on any atom is -0.491 e. The quantitative estimate of drug-likeness (QED) is 0.129. The van der Waals surface area contributed by atoms with Gasteiger partial charge in [-0.1, -0.05) is 42.1 Å². The second-order valence-corrected chi connectivity index (χ2v) is 14.1. The summed E-state index contributed by atoms with van der Waals surface area (Å²) in [5, 5.41) is 16.3. The molecule has 12 nitrogen and oxygen atoms in total. The van der Waals surface area contributed by atoms with Gasteiger partial charge in [0.05, 0.1) is 35.8 Å². The Bertz CT molecular complexity index is 1940.